The number of carbonyl (C=O) groups excluding carboxylic acids is 2. The molecule has 0 spiro atoms. The van der Waals surface area contributed by atoms with E-state index < -0.39 is 22.2 Å². The molecule has 1 aromatic rings. The average molecular weight is 338 g/mol. The van der Waals surface area contributed by atoms with Gasteiger partial charge in [-0.3, -0.25) is 14.9 Å². The van der Waals surface area contributed by atoms with Crippen molar-refractivity contribution < 1.29 is 19.2 Å². The van der Waals surface area contributed by atoms with Crippen LogP contribution in [-0.4, -0.2) is 34.5 Å². The zero-order chi connectivity index (χ0) is 17.1. The number of cyclic esters (lactones) is 1. The van der Waals surface area contributed by atoms with E-state index in [2.05, 4.69) is 12.6 Å². The lowest BCUT2D eigenvalue weighted by molar-refractivity contribution is -0.385. The molecule has 0 saturated carbocycles. The van der Waals surface area contributed by atoms with Crippen molar-refractivity contribution in [2.24, 2.45) is 5.92 Å². The number of carbonyl (C=O) groups is 2. The second-order valence-electron chi connectivity index (χ2n) is 5.69. The smallest absolute Gasteiger partial charge is 0.416 e. The summed E-state index contributed by atoms with van der Waals surface area (Å²) in [6, 6.07) is 5.81. The molecule has 124 valence electrons. The summed E-state index contributed by atoms with van der Waals surface area (Å²) in [5.41, 5.74) is 0.257. The number of para-hydroxylation sites is 1. The standard InChI is InChI=1S/C15H18N2O5S/c1-9(2)12-8-22-15(19)16(12)14(18)7-13(23)10-5-3-4-6-11(10)17(20)21/h3-6,9,12-13,23H,7-8H2,1-2H3/t12-,13-/m1/s1. The highest BCUT2D eigenvalue weighted by atomic mass is 32.1. The SMILES string of the molecule is CC(C)[C@H]1COC(=O)N1C(=O)C[C@@H](S)c1ccccc1[N+](=O)[O-]. The second-order valence-corrected chi connectivity index (χ2v) is 6.31. The van der Waals surface area contributed by atoms with E-state index in [4.69, 9.17) is 4.74 Å². The van der Waals surface area contributed by atoms with Crippen LogP contribution in [0.25, 0.3) is 0 Å². The second kappa shape index (κ2) is 6.99. The Hall–Kier alpha value is -2.09. The van der Waals surface area contributed by atoms with Gasteiger partial charge in [0.15, 0.2) is 0 Å². The molecule has 1 aliphatic heterocycles. The topological polar surface area (TPSA) is 89.8 Å². The molecule has 0 aliphatic carbocycles. The molecule has 0 aromatic heterocycles. The number of benzene rings is 1. The lowest BCUT2D eigenvalue weighted by Gasteiger charge is -2.23. The summed E-state index contributed by atoms with van der Waals surface area (Å²) in [6.07, 6.45) is -0.788. The third kappa shape index (κ3) is 3.64. The molecular formula is C15H18N2O5S. The number of nitrogens with zero attached hydrogens (tertiary/aromatic N) is 2. The van der Waals surface area contributed by atoms with Gasteiger partial charge in [-0.05, 0) is 5.92 Å². The maximum absolute atomic E-state index is 12.4. The van der Waals surface area contributed by atoms with E-state index in [9.17, 15) is 19.7 Å². The van der Waals surface area contributed by atoms with E-state index in [1.54, 1.807) is 18.2 Å². The molecule has 2 atom stereocenters. The molecule has 7 nitrogen and oxygen atoms in total. The first-order valence-corrected chi connectivity index (χ1v) is 7.74. The summed E-state index contributed by atoms with van der Waals surface area (Å²) in [5.74, 6) is -0.376. The highest BCUT2D eigenvalue weighted by Gasteiger charge is 2.40. The van der Waals surface area contributed by atoms with Crippen molar-refractivity contribution in [3.05, 3.63) is 39.9 Å². The van der Waals surface area contributed by atoms with Crippen LogP contribution < -0.4 is 0 Å². The molecule has 0 bridgehead atoms. The molecule has 0 N–H and O–H groups in total. The fraction of sp³-hybridized carbons (Fsp3) is 0.467. The van der Waals surface area contributed by atoms with E-state index >= 15 is 0 Å². The Morgan fingerprint density at radius 1 is 1.48 bits per heavy atom. The van der Waals surface area contributed by atoms with Gasteiger partial charge in [0.05, 0.1) is 11.0 Å². The van der Waals surface area contributed by atoms with Crippen LogP contribution >= 0.6 is 12.6 Å². The predicted molar refractivity (Wildman–Crippen MR) is 86.3 cm³/mol. The summed E-state index contributed by atoms with van der Waals surface area (Å²) < 4.78 is 4.94. The van der Waals surface area contributed by atoms with Crippen LogP contribution in [0.15, 0.2) is 24.3 Å². The van der Waals surface area contributed by atoms with E-state index in [-0.39, 0.29) is 30.7 Å². The van der Waals surface area contributed by atoms with Crippen LogP contribution in [0.4, 0.5) is 10.5 Å². The van der Waals surface area contributed by atoms with Crippen LogP contribution in [0.3, 0.4) is 0 Å². The highest BCUT2D eigenvalue weighted by molar-refractivity contribution is 7.80. The Morgan fingerprint density at radius 2 is 2.13 bits per heavy atom. The molecule has 1 fully saturated rings. The summed E-state index contributed by atoms with van der Waals surface area (Å²) in [7, 11) is 0. The Labute approximate surface area is 139 Å². The third-order valence-electron chi connectivity index (χ3n) is 3.80. The third-order valence-corrected chi connectivity index (χ3v) is 4.27. The molecule has 1 saturated heterocycles. The van der Waals surface area contributed by atoms with Crippen LogP contribution in [0, 0.1) is 16.0 Å². The minimum Gasteiger partial charge on any atom is -0.447 e. The first kappa shape index (κ1) is 17.3. The molecule has 8 heteroatoms. The van der Waals surface area contributed by atoms with Gasteiger partial charge in [0.25, 0.3) is 5.69 Å². The number of ether oxygens (including phenoxy) is 1. The van der Waals surface area contributed by atoms with Crippen molar-refractivity contribution >= 4 is 30.3 Å². The largest absolute Gasteiger partial charge is 0.447 e. The fourth-order valence-electron chi connectivity index (χ4n) is 2.52. The number of rotatable bonds is 5. The zero-order valence-corrected chi connectivity index (χ0v) is 13.7. The van der Waals surface area contributed by atoms with Crippen LogP contribution in [-0.2, 0) is 9.53 Å². The van der Waals surface area contributed by atoms with Gasteiger partial charge < -0.3 is 4.74 Å². The average Bonchev–Trinajstić information content (AvgIpc) is 2.89. The number of imide groups is 1. The molecule has 23 heavy (non-hydrogen) atoms. The Balaban J connectivity index is 2.17. The van der Waals surface area contributed by atoms with Gasteiger partial charge >= 0.3 is 6.09 Å². The normalized spacial score (nSPS) is 18.9. The highest BCUT2D eigenvalue weighted by Crippen LogP contribution is 2.33. The molecule has 1 heterocycles. The van der Waals surface area contributed by atoms with E-state index in [1.165, 1.54) is 6.07 Å². The number of hydrogen-bond donors (Lipinski definition) is 1. The predicted octanol–water partition coefficient (Wildman–Crippen LogP) is 2.96. The van der Waals surface area contributed by atoms with Crippen molar-refractivity contribution in [2.75, 3.05) is 6.61 Å². The number of thiol groups is 1. The number of nitro benzene ring substituents is 1. The minimum absolute atomic E-state index is 0.0647. The lowest BCUT2D eigenvalue weighted by Crippen LogP contribution is -2.42. The van der Waals surface area contributed by atoms with Gasteiger partial charge in [0, 0.05) is 23.3 Å². The van der Waals surface area contributed by atoms with Gasteiger partial charge in [-0.15, -0.1) is 0 Å². The van der Waals surface area contributed by atoms with E-state index in [0.717, 1.165) is 4.90 Å². The van der Waals surface area contributed by atoms with Crippen molar-refractivity contribution in [2.45, 2.75) is 31.6 Å². The quantitative estimate of drug-likeness (QED) is 0.506. The summed E-state index contributed by atoms with van der Waals surface area (Å²) in [6.45, 7) is 3.96. The summed E-state index contributed by atoms with van der Waals surface area (Å²) in [5, 5.41) is 10.4. The van der Waals surface area contributed by atoms with Crippen molar-refractivity contribution in [3.63, 3.8) is 0 Å². The molecule has 2 rings (SSSR count). The first-order valence-electron chi connectivity index (χ1n) is 7.23. The molecule has 0 radical (unpaired) electrons. The fourth-order valence-corrected chi connectivity index (χ4v) is 2.90. The Morgan fingerprint density at radius 3 is 2.74 bits per heavy atom. The number of hydrogen-bond acceptors (Lipinski definition) is 6. The monoisotopic (exact) mass is 338 g/mol. The Bertz CT molecular complexity index is 634. The molecule has 2 amide bonds. The maximum atomic E-state index is 12.4. The van der Waals surface area contributed by atoms with Gasteiger partial charge in [0.2, 0.25) is 5.91 Å². The van der Waals surface area contributed by atoms with E-state index in [0.29, 0.717) is 5.56 Å². The Kier molecular flexibility index (Phi) is 5.25. The van der Waals surface area contributed by atoms with Crippen molar-refractivity contribution in [1.82, 2.24) is 4.90 Å². The summed E-state index contributed by atoms with van der Waals surface area (Å²) >= 11 is 4.32. The molecular weight excluding hydrogens is 320 g/mol. The number of nitro groups is 1. The first-order chi connectivity index (χ1) is 10.8. The summed E-state index contributed by atoms with van der Waals surface area (Å²) in [4.78, 5) is 35.9. The van der Waals surface area contributed by atoms with Gasteiger partial charge in [-0.1, -0.05) is 32.0 Å². The molecule has 1 aromatic carbocycles. The van der Waals surface area contributed by atoms with Crippen molar-refractivity contribution in [3.8, 4) is 0 Å². The number of amides is 2. The van der Waals surface area contributed by atoms with Crippen molar-refractivity contribution in [1.29, 1.82) is 0 Å². The minimum atomic E-state index is -0.676. The van der Waals surface area contributed by atoms with Crippen LogP contribution in [0.2, 0.25) is 0 Å². The van der Waals surface area contributed by atoms with Gasteiger partial charge in [-0.25, -0.2) is 9.69 Å². The molecule has 0 unspecified atom stereocenters. The molecule has 1 aliphatic rings. The van der Waals surface area contributed by atoms with E-state index in [1.807, 2.05) is 13.8 Å². The van der Waals surface area contributed by atoms with Gasteiger partial charge in [-0.2, -0.15) is 12.6 Å². The zero-order valence-electron chi connectivity index (χ0n) is 12.8. The van der Waals surface area contributed by atoms with Crippen LogP contribution in [0.1, 0.15) is 31.1 Å². The van der Waals surface area contributed by atoms with Gasteiger partial charge in [0.1, 0.15) is 6.61 Å². The lowest BCUT2D eigenvalue weighted by atomic mass is 10.0. The van der Waals surface area contributed by atoms with Crippen LogP contribution in [0.5, 0.6) is 0 Å². The maximum Gasteiger partial charge on any atom is 0.416 e.